The van der Waals surface area contributed by atoms with Gasteiger partial charge in [0, 0.05) is 0 Å². The molecular formula is C17H24N2O2-2. The Balaban J connectivity index is 0. The van der Waals surface area contributed by atoms with Crippen LogP contribution in [0.25, 0.3) is 10.8 Å². The van der Waals surface area contributed by atoms with E-state index in [-0.39, 0.29) is 0 Å². The number of benzene rings is 1. The van der Waals surface area contributed by atoms with Gasteiger partial charge in [0.05, 0.1) is 0 Å². The monoisotopic (exact) mass is 288 g/mol. The molecule has 0 aliphatic carbocycles. The number of carbonyl (C=O) groups excluding carboxylic acids is 2. The molecule has 0 saturated carbocycles. The minimum Gasteiger partial charge on any atom is -0.724 e. The van der Waals surface area contributed by atoms with E-state index in [0.29, 0.717) is 29.9 Å². The highest BCUT2D eigenvalue weighted by Crippen LogP contribution is 2.26. The summed E-state index contributed by atoms with van der Waals surface area (Å²) in [5, 5.41) is 13.5. The van der Waals surface area contributed by atoms with Crippen LogP contribution in [0.3, 0.4) is 0 Å². The van der Waals surface area contributed by atoms with Gasteiger partial charge >= 0.3 is 0 Å². The average Bonchev–Trinajstić information content (AvgIpc) is 2.39. The Bertz CT molecular complexity index is 403. The zero-order valence-electron chi connectivity index (χ0n) is 13.7. The van der Waals surface area contributed by atoms with Gasteiger partial charge in [0.1, 0.15) is 0 Å². The van der Waals surface area contributed by atoms with Gasteiger partial charge in [-0.3, -0.25) is 9.59 Å². The molecule has 21 heavy (non-hydrogen) atoms. The maximum atomic E-state index is 8.24. The molecule has 0 bridgehead atoms. The van der Waals surface area contributed by atoms with Crippen LogP contribution in [0.2, 0.25) is 0 Å². The van der Waals surface area contributed by atoms with Crippen molar-refractivity contribution in [3.8, 4) is 0 Å². The lowest BCUT2D eigenvalue weighted by atomic mass is 9.90. The lowest BCUT2D eigenvalue weighted by molar-refractivity contribution is 0.568. The molecule has 0 fully saturated rings. The molecule has 0 unspecified atom stereocenters. The van der Waals surface area contributed by atoms with Gasteiger partial charge in [0.25, 0.3) is 0 Å². The predicted molar refractivity (Wildman–Crippen MR) is 86.8 cm³/mol. The molecule has 1 aromatic rings. The van der Waals surface area contributed by atoms with E-state index in [1.165, 1.54) is 16.7 Å². The van der Waals surface area contributed by atoms with E-state index in [9.17, 15) is 0 Å². The van der Waals surface area contributed by atoms with Crippen LogP contribution >= 0.6 is 0 Å². The zero-order valence-corrected chi connectivity index (χ0v) is 13.7. The highest BCUT2D eigenvalue weighted by molar-refractivity contribution is 5.37. The van der Waals surface area contributed by atoms with Crippen molar-refractivity contribution in [1.29, 1.82) is 0 Å². The molecule has 0 spiro atoms. The summed E-state index contributed by atoms with van der Waals surface area (Å²) in [6, 6.07) is 7.09. The standard InChI is InChI=1S/C15H24.2CNO/c1-10(2)13-7-14(11(3)4)9-15(8-13)12(5)6;2*2-1-3/h7-12H,1-6H3;;/q;2*-1. The molecule has 0 atom stereocenters. The normalized spacial score (nSPS) is 9.19. The van der Waals surface area contributed by atoms with Crippen molar-refractivity contribution < 1.29 is 9.59 Å². The highest BCUT2D eigenvalue weighted by atomic mass is 16.1. The van der Waals surface area contributed by atoms with E-state index in [1.807, 2.05) is 0 Å². The van der Waals surface area contributed by atoms with E-state index < -0.39 is 0 Å². The van der Waals surface area contributed by atoms with E-state index >= 15 is 0 Å². The summed E-state index contributed by atoms with van der Waals surface area (Å²) in [4.78, 5) is 16.5. The third kappa shape index (κ3) is 9.50. The smallest absolute Gasteiger partial charge is 0.0159 e. The van der Waals surface area contributed by atoms with Gasteiger partial charge in [-0.15, -0.1) is 0 Å². The lowest BCUT2D eigenvalue weighted by Crippen LogP contribution is -1.98. The van der Waals surface area contributed by atoms with Crippen LogP contribution in [0.15, 0.2) is 18.2 Å². The fraction of sp³-hybridized carbons (Fsp3) is 0.529. The third-order valence-corrected chi connectivity index (χ3v) is 3.00. The van der Waals surface area contributed by atoms with Crippen molar-refractivity contribution in [2.45, 2.75) is 59.3 Å². The van der Waals surface area contributed by atoms with Gasteiger partial charge in [0.15, 0.2) is 0 Å². The summed E-state index contributed by atoms with van der Waals surface area (Å²) in [6.45, 7) is 13.6. The number of rotatable bonds is 3. The Morgan fingerprint density at radius 3 is 0.905 bits per heavy atom. The second kappa shape index (κ2) is 11.8. The van der Waals surface area contributed by atoms with Crippen LogP contribution in [-0.4, -0.2) is 12.2 Å². The number of nitrogens with zero attached hydrogens (tertiary/aromatic N) is 2. The topological polar surface area (TPSA) is 78.7 Å². The minimum atomic E-state index is 0.500. The number of hydrogen-bond acceptors (Lipinski definition) is 2. The zero-order chi connectivity index (χ0) is 17.0. The molecule has 0 aliphatic rings. The van der Waals surface area contributed by atoms with Crippen LogP contribution < -0.4 is 0 Å². The summed E-state index contributed by atoms with van der Waals surface area (Å²) >= 11 is 0. The Kier molecular flexibility index (Phi) is 11.9. The van der Waals surface area contributed by atoms with Gasteiger partial charge in [-0.05, 0) is 46.6 Å². The maximum absolute atomic E-state index is 8.24. The first kappa shape index (κ1) is 21.3. The van der Waals surface area contributed by atoms with Gasteiger partial charge in [-0.25, -0.2) is 0 Å². The number of isocyanates is 2. The molecule has 0 heterocycles. The second-order valence-electron chi connectivity index (χ2n) is 5.58. The molecule has 4 nitrogen and oxygen atoms in total. The third-order valence-electron chi connectivity index (χ3n) is 3.00. The summed E-state index contributed by atoms with van der Waals surface area (Å²) in [7, 11) is 0. The maximum Gasteiger partial charge on any atom is -0.0159 e. The molecule has 0 aromatic heterocycles. The molecule has 0 saturated heterocycles. The van der Waals surface area contributed by atoms with Crippen LogP contribution in [0.5, 0.6) is 0 Å². The quantitative estimate of drug-likeness (QED) is 0.589. The van der Waals surface area contributed by atoms with Gasteiger partial charge < -0.3 is 10.8 Å². The Morgan fingerprint density at radius 2 is 0.810 bits per heavy atom. The first-order chi connectivity index (χ1) is 9.74. The molecule has 0 radical (unpaired) electrons. The van der Waals surface area contributed by atoms with E-state index in [0.717, 1.165) is 0 Å². The molecule has 0 amide bonds. The molecular weight excluding hydrogens is 264 g/mol. The van der Waals surface area contributed by atoms with Crippen molar-refractivity contribution in [1.82, 2.24) is 0 Å². The molecule has 4 heteroatoms. The fourth-order valence-electron chi connectivity index (χ4n) is 1.70. The first-order valence-electron chi connectivity index (χ1n) is 6.92. The van der Waals surface area contributed by atoms with Crippen molar-refractivity contribution in [2.24, 2.45) is 0 Å². The predicted octanol–water partition coefficient (Wildman–Crippen LogP) is 4.84. The van der Waals surface area contributed by atoms with Crippen LogP contribution in [-0.2, 0) is 9.59 Å². The Labute approximate surface area is 127 Å². The number of hydrogen-bond donors (Lipinski definition) is 0. The van der Waals surface area contributed by atoms with E-state index in [1.54, 1.807) is 0 Å². The molecule has 1 rings (SSSR count). The van der Waals surface area contributed by atoms with Gasteiger partial charge in [-0.1, -0.05) is 59.7 Å². The van der Waals surface area contributed by atoms with Crippen molar-refractivity contribution in [2.75, 3.05) is 0 Å². The summed E-state index contributed by atoms with van der Waals surface area (Å²) in [5.41, 5.74) is 4.43. The second-order valence-corrected chi connectivity index (χ2v) is 5.58. The minimum absolute atomic E-state index is 0.500. The van der Waals surface area contributed by atoms with Crippen LogP contribution in [0.4, 0.5) is 0 Å². The van der Waals surface area contributed by atoms with Crippen molar-refractivity contribution >= 4 is 12.2 Å². The lowest BCUT2D eigenvalue weighted by Gasteiger charge is -2.16. The Hall–Kier alpha value is -2.02. The molecule has 116 valence electrons. The summed E-state index contributed by atoms with van der Waals surface area (Å²) < 4.78 is 0. The van der Waals surface area contributed by atoms with Gasteiger partial charge in [0.2, 0.25) is 0 Å². The van der Waals surface area contributed by atoms with Crippen LogP contribution in [0.1, 0.15) is 76.0 Å². The summed E-state index contributed by atoms with van der Waals surface area (Å²) in [5.74, 6) is 1.88. The average molecular weight is 288 g/mol. The largest absolute Gasteiger partial charge is 0.724 e. The van der Waals surface area contributed by atoms with Crippen molar-refractivity contribution in [3.63, 3.8) is 0 Å². The highest BCUT2D eigenvalue weighted by Gasteiger charge is 2.08. The van der Waals surface area contributed by atoms with Crippen molar-refractivity contribution in [3.05, 3.63) is 45.7 Å². The van der Waals surface area contributed by atoms with E-state index in [4.69, 9.17) is 20.4 Å². The summed E-state index contributed by atoms with van der Waals surface area (Å²) in [6.07, 6.45) is 1.00. The van der Waals surface area contributed by atoms with Crippen LogP contribution in [0, 0.1) is 0 Å². The molecule has 0 aliphatic heterocycles. The SMILES string of the molecule is CC(C)c1cc(C(C)C)cc(C(C)C)c1.[N-]=C=O.[N-]=C=O. The van der Waals surface area contributed by atoms with Gasteiger partial charge in [-0.2, -0.15) is 0 Å². The molecule has 0 N–H and O–H groups in total. The van der Waals surface area contributed by atoms with E-state index in [2.05, 4.69) is 59.7 Å². The fourth-order valence-corrected chi connectivity index (χ4v) is 1.70. The molecule has 1 aromatic carbocycles. The Morgan fingerprint density at radius 1 is 0.667 bits per heavy atom. The first-order valence-corrected chi connectivity index (χ1v) is 6.92.